The van der Waals surface area contributed by atoms with Crippen molar-refractivity contribution in [3.05, 3.63) is 115 Å². The first-order valence-corrected chi connectivity index (χ1v) is 17.3. The highest BCUT2D eigenvalue weighted by Crippen LogP contribution is 2.55. The number of nitrogens with one attached hydrogen (secondary N) is 1. The molecule has 0 saturated carbocycles. The van der Waals surface area contributed by atoms with Gasteiger partial charge in [0.25, 0.3) is 5.91 Å². The molecule has 0 unspecified atom stereocenters. The normalized spacial score (nSPS) is 18.9. The SMILES string of the molecule is Cc1ccc(NC(=O)COc2c(Cl)cc(C3C4=C(CC(C)(C)CC4=O)N(Cc4ccccc4)C4=C3C(=O)CC(C)(C)C4)cc2Cl)cc1Cl. The van der Waals surface area contributed by atoms with E-state index in [1.54, 1.807) is 24.3 Å². The Morgan fingerprint density at radius 2 is 1.38 bits per heavy atom. The molecule has 0 atom stereocenters. The number of benzene rings is 3. The molecule has 2 aliphatic carbocycles. The van der Waals surface area contributed by atoms with Gasteiger partial charge in [-0.15, -0.1) is 0 Å². The zero-order chi connectivity index (χ0) is 34.5. The van der Waals surface area contributed by atoms with Gasteiger partial charge in [-0.3, -0.25) is 14.4 Å². The summed E-state index contributed by atoms with van der Waals surface area (Å²) in [6, 6.07) is 18.8. The molecule has 9 heteroatoms. The van der Waals surface area contributed by atoms with Gasteiger partial charge in [0.1, 0.15) is 0 Å². The zero-order valence-corrected chi connectivity index (χ0v) is 30.1. The quantitative estimate of drug-likeness (QED) is 0.265. The van der Waals surface area contributed by atoms with E-state index >= 15 is 0 Å². The summed E-state index contributed by atoms with van der Waals surface area (Å²) in [4.78, 5) is 43.3. The maximum Gasteiger partial charge on any atom is 0.262 e. The van der Waals surface area contributed by atoms with E-state index in [4.69, 9.17) is 39.5 Å². The minimum absolute atomic E-state index is 0.0222. The van der Waals surface area contributed by atoms with Crippen LogP contribution in [0, 0.1) is 17.8 Å². The summed E-state index contributed by atoms with van der Waals surface area (Å²) in [5, 5.41) is 3.68. The third-order valence-electron chi connectivity index (χ3n) is 9.36. The number of hydrogen-bond acceptors (Lipinski definition) is 5. The fraction of sp³-hybridized carbons (Fsp3) is 0.359. The first-order chi connectivity index (χ1) is 22.6. The van der Waals surface area contributed by atoms with Gasteiger partial charge in [-0.2, -0.15) is 0 Å². The zero-order valence-electron chi connectivity index (χ0n) is 27.8. The molecular weight excluding hydrogens is 667 g/mol. The van der Waals surface area contributed by atoms with Crippen LogP contribution in [0.25, 0.3) is 0 Å². The van der Waals surface area contributed by atoms with Crippen LogP contribution >= 0.6 is 34.8 Å². The van der Waals surface area contributed by atoms with E-state index in [1.807, 2.05) is 31.2 Å². The number of ether oxygens (including phenoxy) is 1. The van der Waals surface area contributed by atoms with Gasteiger partial charge in [0.05, 0.1) is 10.0 Å². The second-order valence-corrected chi connectivity index (χ2v) is 15.9. The molecule has 0 fully saturated rings. The number of allylic oxidation sites excluding steroid dienone is 4. The molecule has 1 heterocycles. The number of hydrogen-bond donors (Lipinski definition) is 1. The van der Waals surface area contributed by atoms with Crippen LogP contribution in [-0.4, -0.2) is 29.0 Å². The third-order valence-corrected chi connectivity index (χ3v) is 10.3. The van der Waals surface area contributed by atoms with Gasteiger partial charge in [-0.05, 0) is 71.6 Å². The molecule has 1 N–H and O–H groups in total. The standard InChI is InChI=1S/C39H39Cl3N2O4/c1-22-11-12-25(15-26(22)40)43-33(47)21-48-37-27(41)13-24(14-28(37)42)34-35-29(16-38(2,3)18-31(35)45)44(20-23-9-7-6-8-10-23)30-17-39(4,5)19-32(46)36(30)34/h6-15,34H,16-21H2,1-5H3,(H,43,47). The van der Waals surface area contributed by atoms with Crippen LogP contribution in [0.4, 0.5) is 5.69 Å². The van der Waals surface area contributed by atoms with Crippen LogP contribution in [0.5, 0.6) is 5.75 Å². The molecule has 1 aliphatic heterocycles. The van der Waals surface area contributed by atoms with Crippen molar-refractivity contribution in [1.82, 2.24) is 4.90 Å². The number of anilines is 1. The van der Waals surface area contributed by atoms with Crippen molar-refractivity contribution in [3.8, 4) is 5.75 Å². The number of aryl methyl sites for hydroxylation is 1. The van der Waals surface area contributed by atoms with Crippen molar-refractivity contribution in [2.24, 2.45) is 10.8 Å². The van der Waals surface area contributed by atoms with Crippen LogP contribution in [0.15, 0.2) is 83.2 Å². The van der Waals surface area contributed by atoms with Gasteiger partial charge in [-0.25, -0.2) is 0 Å². The number of rotatable bonds is 7. The van der Waals surface area contributed by atoms with Gasteiger partial charge in [0.15, 0.2) is 23.9 Å². The molecule has 6 nitrogen and oxygen atoms in total. The molecule has 0 bridgehead atoms. The predicted octanol–water partition coefficient (Wildman–Crippen LogP) is 9.86. The van der Waals surface area contributed by atoms with E-state index in [9.17, 15) is 14.4 Å². The molecule has 0 radical (unpaired) electrons. The number of Topliss-reactive ketones (excluding diaryl/α,β-unsaturated/α-hetero) is 2. The summed E-state index contributed by atoms with van der Waals surface area (Å²) >= 11 is 19.8. The topological polar surface area (TPSA) is 75.7 Å². The summed E-state index contributed by atoms with van der Waals surface area (Å²) in [5.41, 5.74) is 5.86. The third kappa shape index (κ3) is 6.94. The van der Waals surface area contributed by atoms with Crippen LogP contribution in [0.3, 0.4) is 0 Å². The van der Waals surface area contributed by atoms with Gasteiger partial charge in [-0.1, -0.05) is 98.9 Å². The van der Waals surface area contributed by atoms with E-state index in [-0.39, 0.29) is 44.8 Å². The maximum absolute atomic E-state index is 14.2. The number of carbonyl (C=O) groups is 3. The van der Waals surface area contributed by atoms with E-state index in [0.29, 0.717) is 59.6 Å². The van der Waals surface area contributed by atoms with Crippen molar-refractivity contribution >= 4 is 58.0 Å². The Hall–Kier alpha value is -3.58. The molecule has 250 valence electrons. The Bertz CT molecular complexity index is 1820. The number of carbonyl (C=O) groups excluding carboxylic acids is 3. The van der Waals surface area contributed by atoms with Crippen molar-refractivity contribution < 1.29 is 19.1 Å². The molecule has 0 saturated heterocycles. The van der Waals surface area contributed by atoms with Crippen molar-refractivity contribution in [1.29, 1.82) is 0 Å². The van der Waals surface area contributed by atoms with Gasteiger partial charge in [0.2, 0.25) is 0 Å². The predicted molar refractivity (Wildman–Crippen MR) is 192 cm³/mol. The number of amides is 1. The fourth-order valence-electron chi connectivity index (χ4n) is 7.23. The molecule has 3 aromatic rings. The van der Waals surface area contributed by atoms with Crippen LogP contribution in [0.2, 0.25) is 15.1 Å². The van der Waals surface area contributed by atoms with Gasteiger partial charge >= 0.3 is 0 Å². The van der Waals surface area contributed by atoms with Gasteiger partial charge in [0, 0.05) is 58.6 Å². The minimum Gasteiger partial charge on any atom is -0.481 e. The molecule has 3 aromatic carbocycles. The second kappa shape index (κ2) is 13.0. The van der Waals surface area contributed by atoms with E-state index in [1.165, 1.54) is 0 Å². The largest absolute Gasteiger partial charge is 0.481 e. The number of ketones is 2. The molecule has 1 amide bonds. The summed E-state index contributed by atoms with van der Waals surface area (Å²) in [6.45, 7) is 10.6. The Morgan fingerprint density at radius 1 is 0.812 bits per heavy atom. The monoisotopic (exact) mass is 704 g/mol. The number of nitrogens with zero attached hydrogens (tertiary/aromatic N) is 1. The van der Waals surface area contributed by atoms with Gasteiger partial charge < -0.3 is 15.0 Å². The Labute approximate surface area is 297 Å². The van der Waals surface area contributed by atoms with Crippen molar-refractivity contribution in [3.63, 3.8) is 0 Å². The lowest BCUT2D eigenvalue weighted by Gasteiger charge is -2.49. The van der Waals surface area contributed by atoms with Crippen LogP contribution < -0.4 is 10.1 Å². The molecular formula is C39H39Cl3N2O4. The Balaban J connectivity index is 1.39. The van der Waals surface area contributed by atoms with Crippen molar-refractivity contribution in [2.75, 3.05) is 11.9 Å². The molecule has 0 spiro atoms. The fourth-order valence-corrected chi connectivity index (χ4v) is 8.02. The summed E-state index contributed by atoms with van der Waals surface area (Å²) in [7, 11) is 0. The lowest BCUT2D eigenvalue weighted by molar-refractivity contribution is -0.120. The van der Waals surface area contributed by atoms with Crippen molar-refractivity contribution in [2.45, 2.75) is 72.8 Å². The molecule has 3 aliphatic rings. The molecule has 0 aromatic heterocycles. The van der Waals surface area contributed by atoms with E-state index in [2.05, 4.69) is 50.0 Å². The average molecular weight is 706 g/mol. The minimum atomic E-state index is -0.618. The van der Waals surface area contributed by atoms with E-state index < -0.39 is 11.8 Å². The first-order valence-electron chi connectivity index (χ1n) is 16.1. The lowest BCUT2D eigenvalue weighted by Crippen LogP contribution is -2.44. The highest BCUT2D eigenvalue weighted by atomic mass is 35.5. The highest BCUT2D eigenvalue weighted by molar-refractivity contribution is 6.37. The number of halogens is 3. The second-order valence-electron chi connectivity index (χ2n) is 14.7. The summed E-state index contributed by atoms with van der Waals surface area (Å²) in [6.07, 6.45) is 2.11. The lowest BCUT2D eigenvalue weighted by atomic mass is 9.63. The van der Waals surface area contributed by atoms with Crippen LogP contribution in [0.1, 0.15) is 76.0 Å². The Kier molecular flexibility index (Phi) is 9.31. The maximum atomic E-state index is 14.2. The smallest absolute Gasteiger partial charge is 0.262 e. The highest BCUT2D eigenvalue weighted by Gasteiger charge is 2.49. The molecule has 6 rings (SSSR count). The van der Waals surface area contributed by atoms with E-state index in [0.717, 1.165) is 22.5 Å². The average Bonchev–Trinajstić information content (AvgIpc) is 2.98. The summed E-state index contributed by atoms with van der Waals surface area (Å²) in [5.74, 6) is -0.834. The van der Waals surface area contributed by atoms with Crippen LogP contribution in [-0.2, 0) is 20.9 Å². The first kappa shape index (κ1) is 34.3. The molecule has 48 heavy (non-hydrogen) atoms. The summed E-state index contributed by atoms with van der Waals surface area (Å²) < 4.78 is 5.82. The Morgan fingerprint density at radius 3 is 1.92 bits per heavy atom.